The first-order valence-electron chi connectivity index (χ1n) is 7.03. The molecule has 5 heteroatoms. The predicted molar refractivity (Wildman–Crippen MR) is 71.7 cm³/mol. The van der Waals surface area contributed by atoms with Gasteiger partial charge in [-0.2, -0.15) is 0 Å². The van der Waals surface area contributed by atoms with Crippen LogP contribution in [0.1, 0.15) is 59.3 Å². The second kappa shape index (κ2) is 7.42. The van der Waals surface area contributed by atoms with E-state index in [0.717, 1.165) is 32.1 Å². The molecule has 1 saturated heterocycles. The Morgan fingerprint density at radius 3 is 2.56 bits per heavy atom. The van der Waals surface area contributed by atoms with E-state index in [1.165, 1.54) is 0 Å². The molecule has 0 spiro atoms. The van der Waals surface area contributed by atoms with Gasteiger partial charge in [0.05, 0.1) is 12.7 Å². The molecule has 1 aliphatic heterocycles. The summed E-state index contributed by atoms with van der Waals surface area (Å²) in [6.45, 7) is 6.51. The molecule has 0 aliphatic carbocycles. The quantitative estimate of drug-likeness (QED) is 0.656. The minimum absolute atomic E-state index is 0.0924. The highest BCUT2D eigenvalue weighted by Gasteiger charge is 2.43. The Labute approximate surface area is 110 Å². The standard InChI is InChI=1S/C13H25O4P/c1-4-7-9-13(14)18(15)16-10-11(6-3)12(17-18)8-5-2/h11-12H,4-10H2,1-3H3. The van der Waals surface area contributed by atoms with E-state index in [1.54, 1.807) is 0 Å². The molecule has 106 valence electrons. The van der Waals surface area contributed by atoms with Crippen LogP contribution in [0.5, 0.6) is 0 Å². The lowest BCUT2D eigenvalue weighted by Gasteiger charge is -2.34. The third-order valence-corrected chi connectivity index (χ3v) is 5.28. The van der Waals surface area contributed by atoms with Crippen molar-refractivity contribution in [3.63, 3.8) is 0 Å². The largest absolute Gasteiger partial charge is 0.396 e. The van der Waals surface area contributed by atoms with E-state index in [4.69, 9.17) is 9.05 Å². The van der Waals surface area contributed by atoms with E-state index in [0.29, 0.717) is 13.0 Å². The second-order valence-corrected chi connectivity index (χ2v) is 6.85. The average Bonchev–Trinajstić information content (AvgIpc) is 2.36. The summed E-state index contributed by atoms with van der Waals surface area (Å²) in [5.74, 6) is 0.256. The summed E-state index contributed by atoms with van der Waals surface area (Å²) >= 11 is 0. The summed E-state index contributed by atoms with van der Waals surface area (Å²) in [5.41, 5.74) is -0.347. The van der Waals surface area contributed by atoms with Crippen LogP contribution in [0.3, 0.4) is 0 Å². The number of carbonyl (C=O) groups is 1. The van der Waals surface area contributed by atoms with E-state index < -0.39 is 7.60 Å². The molecule has 0 aromatic carbocycles. The van der Waals surface area contributed by atoms with Gasteiger partial charge in [0.2, 0.25) is 5.52 Å². The smallest absolute Gasteiger partial charge is 0.303 e. The number of hydrogen-bond acceptors (Lipinski definition) is 4. The van der Waals surface area contributed by atoms with Crippen molar-refractivity contribution in [2.75, 3.05) is 6.61 Å². The molecule has 3 atom stereocenters. The number of carbonyl (C=O) groups excluding carboxylic acids is 1. The first-order valence-corrected chi connectivity index (χ1v) is 8.58. The molecule has 18 heavy (non-hydrogen) atoms. The maximum atomic E-state index is 12.4. The zero-order valence-corrected chi connectivity index (χ0v) is 12.6. The van der Waals surface area contributed by atoms with Gasteiger partial charge in [-0.05, 0) is 19.3 Å². The van der Waals surface area contributed by atoms with Crippen LogP contribution in [0.4, 0.5) is 0 Å². The van der Waals surface area contributed by atoms with Crippen LogP contribution in [0, 0.1) is 5.92 Å². The van der Waals surface area contributed by atoms with Gasteiger partial charge in [0.15, 0.2) is 0 Å². The maximum absolute atomic E-state index is 12.4. The van der Waals surface area contributed by atoms with E-state index in [-0.39, 0.29) is 17.5 Å². The van der Waals surface area contributed by atoms with Gasteiger partial charge < -0.3 is 4.52 Å². The fourth-order valence-corrected chi connectivity index (χ4v) is 3.92. The molecule has 0 N–H and O–H groups in total. The van der Waals surface area contributed by atoms with Crippen molar-refractivity contribution in [1.82, 2.24) is 0 Å². The van der Waals surface area contributed by atoms with Gasteiger partial charge >= 0.3 is 7.60 Å². The minimum Gasteiger partial charge on any atom is -0.303 e. The van der Waals surface area contributed by atoms with Gasteiger partial charge in [0.1, 0.15) is 0 Å². The van der Waals surface area contributed by atoms with Crippen molar-refractivity contribution in [2.24, 2.45) is 5.92 Å². The second-order valence-electron chi connectivity index (χ2n) is 4.89. The van der Waals surface area contributed by atoms with Gasteiger partial charge in [-0.3, -0.25) is 13.9 Å². The molecular weight excluding hydrogens is 251 g/mol. The number of unbranched alkanes of at least 4 members (excludes halogenated alkanes) is 1. The van der Waals surface area contributed by atoms with Crippen molar-refractivity contribution < 1.29 is 18.4 Å². The van der Waals surface area contributed by atoms with Crippen LogP contribution in [0.15, 0.2) is 0 Å². The van der Waals surface area contributed by atoms with Gasteiger partial charge in [0.25, 0.3) is 0 Å². The Balaban J connectivity index is 2.67. The molecular formula is C13H25O4P. The molecule has 3 unspecified atom stereocenters. The first-order chi connectivity index (χ1) is 8.57. The molecule has 1 rings (SSSR count). The molecule has 1 aliphatic rings. The molecule has 0 aromatic heterocycles. The topological polar surface area (TPSA) is 52.6 Å². The molecule has 0 amide bonds. The minimum atomic E-state index is -3.51. The zero-order valence-electron chi connectivity index (χ0n) is 11.7. The summed E-state index contributed by atoms with van der Waals surface area (Å²) in [7, 11) is -3.51. The van der Waals surface area contributed by atoms with E-state index in [9.17, 15) is 9.36 Å². The third-order valence-electron chi connectivity index (χ3n) is 3.41. The van der Waals surface area contributed by atoms with Gasteiger partial charge in [-0.15, -0.1) is 0 Å². The van der Waals surface area contributed by atoms with Crippen LogP contribution >= 0.6 is 7.60 Å². The van der Waals surface area contributed by atoms with Crippen molar-refractivity contribution in [1.29, 1.82) is 0 Å². The summed E-state index contributed by atoms with van der Waals surface area (Å²) in [5, 5.41) is 0. The van der Waals surface area contributed by atoms with Crippen molar-refractivity contribution >= 4 is 13.1 Å². The fraction of sp³-hybridized carbons (Fsp3) is 0.923. The number of hydrogen-bond donors (Lipinski definition) is 0. The molecule has 1 heterocycles. The summed E-state index contributed by atoms with van der Waals surface area (Å²) in [6.07, 6.45) is 4.58. The molecule has 0 bridgehead atoms. The Bertz CT molecular complexity index is 316. The SMILES string of the molecule is CCCCC(=O)P1(=O)OCC(CC)C(CCC)O1. The van der Waals surface area contributed by atoms with E-state index in [2.05, 4.69) is 13.8 Å². The fourth-order valence-electron chi connectivity index (χ4n) is 2.15. The highest BCUT2D eigenvalue weighted by molar-refractivity contribution is 7.71. The molecule has 0 saturated carbocycles. The third kappa shape index (κ3) is 3.91. The van der Waals surface area contributed by atoms with Crippen LogP contribution in [0.25, 0.3) is 0 Å². The van der Waals surface area contributed by atoms with E-state index in [1.807, 2.05) is 6.92 Å². The Hall–Kier alpha value is -0.180. The van der Waals surface area contributed by atoms with Crippen LogP contribution in [0.2, 0.25) is 0 Å². The van der Waals surface area contributed by atoms with Crippen LogP contribution in [-0.2, 0) is 18.4 Å². The van der Waals surface area contributed by atoms with Gasteiger partial charge in [-0.1, -0.05) is 33.6 Å². The van der Waals surface area contributed by atoms with Crippen molar-refractivity contribution in [3.8, 4) is 0 Å². The first kappa shape index (κ1) is 15.9. The maximum Gasteiger partial charge on any atom is 0.396 e. The van der Waals surface area contributed by atoms with Crippen molar-refractivity contribution in [2.45, 2.75) is 65.4 Å². The molecule has 0 aromatic rings. The average molecular weight is 276 g/mol. The van der Waals surface area contributed by atoms with Gasteiger partial charge in [-0.25, -0.2) is 0 Å². The predicted octanol–water partition coefficient (Wildman–Crippen LogP) is 4.14. The lowest BCUT2D eigenvalue weighted by molar-refractivity contribution is -0.116. The summed E-state index contributed by atoms with van der Waals surface area (Å²) < 4.78 is 23.2. The number of rotatable bonds is 7. The summed E-state index contributed by atoms with van der Waals surface area (Å²) in [4.78, 5) is 11.9. The lowest BCUT2D eigenvalue weighted by Crippen LogP contribution is -2.33. The highest BCUT2D eigenvalue weighted by Crippen LogP contribution is 2.56. The molecule has 4 nitrogen and oxygen atoms in total. The Kier molecular flexibility index (Phi) is 6.54. The Morgan fingerprint density at radius 2 is 2.00 bits per heavy atom. The molecule has 0 radical (unpaired) electrons. The monoisotopic (exact) mass is 276 g/mol. The lowest BCUT2D eigenvalue weighted by atomic mass is 9.97. The highest BCUT2D eigenvalue weighted by atomic mass is 31.2. The van der Waals surface area contributed by atoms with Crippen LogP contribution < -0.4 is 0 Å². The normalized spacial score (nSPS) is 32.4. The van der Waals surface area contributed by atoms with Crippen LogP contribution in [-0.4, -0.2) is 18.2 Å². The Morgan fingerprint density at radius 1 is 1.28 bits per heavy atom. The zero-order chi connectivity index (χ0) is 13.6. The summed E-state index contributed by atoms with van der Waals surface area (Å²) in [6, 6.07) is 0. The van der Waals surface area contributed by atoms with Crippen molar-refractivity contribution in [3.05, 3.63) is 0 Å². The molecule has 1 fully saturated rings. The van der Waals surface area contributed by atoms with E-state index >= 15 is 0 Å². The van der Waals surface area contributed by atoms with Gasteiger partial charge in [0, 0.05) is 12.3 Å².